The maximum absolute atomic E-state index is 14.7. The van der Waals surface area contributed by atoms with Crippen molar-refractivity contribution < 1.29 is 56.4 Å². The van der Waals surface area contributed by atoms with E-state index in [9.17, 15) is 46.1 Å². The van der Waals surface area contributed by atoms with Crippen LogP contribution in [0.1, 0.15) is 145 Å². The highest BCUT2D eigenvalue weighted by atomic mass is 19.2. The number of benzene rings is 2. The molecule has 2 saturated carbocycles. The number of ketones is 2. The lowest BCUT2D eigenvalue weighted by Crippen LogP contribution is -2.20. The van der Waals surface area contributed by atoms with Gasteiger partial charge < -0.3 is 20.4 Å². The van der Waals surface area contributed by atoms with Gasteiger partial charge in [-0.05, 0) is 168 Å². The first kappa shape index (κ1) is 53.6. The average Bonchev–Trinajstić information content (AvgIpc) is 3.34. The zero-order valence-electron chi connectivity index (χ0n) is 40.4. The van der Waals surface area contributed by atoms with E-state index in [-0.39, 0.29) is 35.4 Å². The van der Waals surface area contributed by atoms with Crippen molar-refractivity contribution in [3.63, 3.8) is 0 Å². The maximum Gasteiger partial charge on any atom is 0.185 e. The SMILES string of the molecule is C[C@@H]1CC(c2ccncc2CC(=O)c2ccc(F)c(-c3c(F)cc([C@@H](O)CO)cc3F)n2)C[C@H](C)C1.C[C@@H]1CC(c2ccncc2CC(=O)c2ccc(F)c(-c3c(F)cc([C@H](O)CO)cc3F)n2)C[C@H](C)C1. The molecule has 380 valence electrons. The van der Waals surface area contributed by atoms with E-state index in [0.717, 1.165) is 84.3 Å². The molecule has 6 aromatic rings. The van der Waals surface area contributed by atoms with Gasteiger partial charge >= 0.3 is 0 Å². The van der Waals surface area contributed by atoms with Gasteiger partial charge in [-0.25, -0.2) is 36.3 Å². The molecule has 2 aliphatic carbocycles. The van der Waals surface area contributed by atoms with E-state index in [1.165, 1.54) is 25.0 Å². The van der Waals surface area contributed by atoms with E-state index in [0.29, 0.717) is 35.5 Å². The second kappa shape index (κ2) is 23.6. The number of halogens is 6. The highest BCUT2D eigenvalue weighted by molar-refractivity contribution is 5.97. The van der Waals surface area contributed by atoms with Crippen LogP contribution >= 0.6 is 0 Å². The minimum Gasteiger partial charge on any atom is -0.393 e. The predicted octanol–water partition coefficient (Wildman–Crippen LogP) is 11.1. The van der Waals surface area contributed by atoms with Crippen LogP contribution in [0.3, 0.4) is 0 Å². The zero-order chi connectivity index (χ0) is 52.0. The van der Waals surface area contributed by atoms with Gasteiger partial charge in [0.25, 0.3) is 0 Å². The number of aromatic nitrogens is 4. The van der Waals surface area contributed by atoms with Crippen LogP contribution in [-0.2, 0) is 12.8 Å². The Morgan fingerprint density at radius 2 is 0.847 bits per heavy atom. The van der Waals surface area contributed by atoms with Gasteiger partial charge in [0.05, 0.1) is 24.3 Å². The summed E-state index contributed by atoms with van der Waals surface area (Å²) in [5, 5.41) is 37.4. The number of rotatable bonds is 14. The summed E-state index contributed by atoms with van der Waals surface area (Å²) in [5.74, 6) is -4.56. The lowest BCUT2D eigenvalue weighted by Gasteiger charge is -2.32. The summed E-state index contributed by atoms with van der Waals surface area (Å²) in [6.45, 7) is 7.46. The molecule has 0 aliphatic heterocycles. The molecule has 4 heterocycles. The van der Waals surface area contributed by atoms with Gasteiger partial charge in [0, 0.05) is 37.6 Å². The number of hydrogen-bond acceptors (Lipinski definition) is 10. The Bertz CT molecular complexity index is 2660. The summed E-state index contributed by atoms with van der Waals surface area (Å²) in [5.41, 5.74) is 0.259. The number of Topliss-reactive ketones (excluding diaryl/α,β-unsaturated/α-hetero) is 2. The summed E-state index contributed by atoms with van der Waals surface area (Å²) in [6.07, 6.45) is 10.2. The molecule has 0 bridgehead atoms. The van der Waals surface area contributed by atoms with E-state index in [2.05, 4.69) is 47.6 Å². The topological polar surface area (TPSA) is 167 Å². The van der Waals surface area contributed by atoms with Crippen LogP contribution in [0, 0.1) is 58.6 Å². The Labute approximate surface area is 414 Å². The van der Waals surface area contributed by atoms with Gasteiger partial charge in [-0.3, -0.25) is 19.6 Å². The van der Waals surface area contributed by atoms with Crippen molar-refractivity contribution in [1.82, 2.24) is 19.9 Å². The van der Waals surface area contributed by atoms with Crippen molar-refractivity contribution in [3.8, 4) is 22.5 Å². The zero-order valence-corrected chi connectivity index (χ0v) is 40.4. The smallest absolute Gasteiger partial charge is 0.185 e. The van der Waals surface area contributed by atoms with Crippen molar-refractivity contribution in [1.29, 1.82) is 0 Å². The average molecular weight is 997 g/mol. The molecule has 0 amide bonds. The van der Waals surface area contributed by atoms with Gasteiger partial charge in [-0.1, -0.05) is 27.7 Å². The van der Waals surface area contributed by atoms with E-state index < -0.39 is 94.4 Å². The molecule has 16 heteroatoms. The van der Waals surface area contributed by atoms with Crippen LogP contribution in [0.2, 0.25) is 0 Å². The molecule has 8 atom stereocenters. The highest BCUT2D eigenvalue weighted by Crippen LogP contribution is 2.42. The van der Waals surface area contributed by atoms with Crippen LogP contribution in [0.5, 0.6) is 0 Å². The molecule has 10 nitrogen and oxygen atoms in total. The molecule has 2 aromatic carbocycles. The Hall–Kier alpha value is -6.20. The maximum atomic E-state index is 14.7. The second-order valence-corrected chi connectivity index (χ2v) is 19.7. The van der Waals surface area contributed by atoms with Crippen molar-refractivity contribution in [3.05, 3.63) is 165 Å². The lowest BCUT2D eigenvalue weighted by molar-refractivity contribution is 0.0951. The molecule has 2 fully saturated rings. The largest absolute Gasteiger partial charge is 0.393 e. The Morgan fingerprint density at radius 1 is 0.514 bits per heavy atom. The number of aliphatic hydroxyl groups is 4. The lowest BCUT2D eigenvalue weighted by atomic mass is 9.73. The van der Waals surface area contributed by atoms with Crippen LogP contribution < -0.4 is 0 Å². The molecule has 72 heavy (non-hydrogen) atoms. The van der Waals surface area contributed by atoms with E-state index >= 15 is 0 Å². The first-order valence-corrected chi connectivity index (χ1v) is 24.2. The number of hydrogen-bond donors (Lipinski definition) is 4. The fourth-order valence-electron chi connectivity index (χ4n) is 10.7. The normalized spacial score (nSPS) is 20.8. The van der Waals surface area contributed by atoms with Crippen molar-refractivity contribution in [2.24, 2.45) is 23.7 Å². The number of pyridine rings is 4. The molecule has 0 saturated heterocycles. The Balaban J connectivity index is 0.000000211. The minimum absolute atomic E-state index is 0.0207. The van der Waals surface area contributed by atoms with Gasteiger partial charge in [-0.2, -0.15) is 0 Å². The minimum atomic E-state index is -1.49. The van der Waals surface area contributed by atoms with Gasteiger partial charge in [-0.15, -0.1) is 0 Å². The van der Waals surface area contributed by atoms with Crippen molar-refractivity contribution in [2.75, 3.05) is 13.2 Å². The summed E-state index contributed by atoms with van der Waals surface area (Å²) < 4.78 is 88.2. The summed E-state index contributed by atoms with van der Waals surface area (Å²) >= 11 is 0. The molecule has 4 N–H and O–H groups in total. The van der Waals surface area contributed by atoms with E-state index in [4.69, 9.17) is 10.2 Å². The van der Waals surface area contributed by atoms with E-state index in [1.54, 1.807) is 24.8 Å². The Kier molecular flexibility index (Phi) is 17.5. The second-order valence-electron chi connectivity index (χ2n) is 19.7. The summed E-state index contributed by atoms with van der Waals surface area (Å²) in [4.78, 5) is 42.7. The third kappa shape index (κ3) is 12.5. The first-order chi connectivity index (χ1) is 34.3. The van der Waals surface area contributed by atoms with E-state index in [1.807, 2.05) is 12.1 Å². The highest BCUT2D eigenvalue weighted by Gasteiger charge is 2.30. The number of carbonyl (C=O) groups excluding carboxylic acids is 2. The third-order valence-electron chi connectivity index (χ3n) is 13.8. The van der Waals surface area contributed by atoms with Crippen molar-refractivity contribution >= 4 is 11.6 Å². The summed E-state index contributed by atoms with van der Waals surface area (Å²) in [6, 6.07) is 11.4. The van der Waals surface area contributed by atoms with Crippen LogP contribution in [0.15, 0.2) is 85.5 Å². The van der Waals surface area contributed by atoms with Crippen LogP contribution in [0.25, 0.3) is 22.5 Å². The number of carbonyl (C=O) groups is 2. The molecule has 8 rings (SSSR count). The molecule has 0 radical (unpaired) electrons. The third-order valence-corrected chi connectivity index (χ3v) is 13.8. The van der Waals surface area contributed by atoms with Crippen LogP contribution in [0.4, 0.5) is 26.3 Å². The molecular weight excluding hydrogens is 939 g/mol. The molecule has 2 aliphatic rings. The fraction of sp³-hybridized carbons (Fsp3) is 0.393. The summed E-state index contributed by atoms with van der Waals surface area (Å²) in [7, 11) is 0. The fourth-order valence-corrected chi connectivity index (χ4v) is 10.7. The van der Waals surface area contributed by atoms with Gasteiger partial charge in [0.15, 0.2) is 11.6 Å². The number of aliphatic hydroxyl groups excluding tert-OH is 4. The number of nitrogens with zero attached hydrogens (tertiary/aromatic N) is 4. The van der Waals surface area contributed by atoms with Crippen LogP contribution in [-0.4, -0.2) is 65.1 Å². The molecule has 2 unspecified atom stereocenters. The molecule has 4 aromatic heterocycles. The molecule has 0 spiro atoms. The van der Waals surface area contributed by atoms with Gasteiger partial charge in [0.2, 0.25) is 0 Å². The quantitative estimate of drug-likeness (QED) is 0.0609. The van der Waals surface area contributed by atoms with Gasteiger partial charge in [0.1, 0.15) is 69.9 Å². The standard InChI is InChI=1S/2C28H29F3N2O3/c2*1-15-7-16(2)9-17(8-15)20-5-6-32-13-19(20)12-25(35)24-4-3-21(29)28(33-24)27-22(30)10-18(11-23(27)31)26(36)14-34/h2*3-6,10-11,13,15-17,26,34,36H,7-9,12,14H2,1-2H3/t2*15-,16+,17?,26-/m10/s1. The predicted molar refractivity (Wildman–Crippen MR) is 258 cm³/mol. The monoisotopic (exact) mass is 996 g/mol. The molecular formula is C56H58F6N4O6. The van der Waals surface area contributed by atoms with Crippen molar-refractivity contribution in [2.45, 2.75) is 103 Å². The first-order valence-electron chi connectivity index (χ1n) is 24.2. The Morgan fingerprint density at radius 3 is 1.17 bits per heavy atom.